The molecule has 0 spiro atoms. The lowest BCUT2D eigenvalue weighted by Gasteiger charge is -2.04. The van der Waals surface area contributed by atoms with Gasteiger partial charge in [-0.2, -0.15) is 0 Å². The fourth-order valence-electron chi connectivity index (χ4n) is 2.04. The molecule has 0 aliphatic heterocycles. The molecule has 142 valence electrons. The van der Waals surface area contributed by atoms with Crippen molar-refractivity contribution in [1.29, 1.82) is 0 Å². The first-order valence-electron chi connectivity index (χ1n) is 7.89. The maximum absolute atomic E-state index is 12.1. The summed E-state index contributed by atoms with van der Waals surface area (Å²) in [4.78, 5) is 28.0. The molecule has 0 unspecified atom stereocenters. The fraction of sp³-hybridized carbons (Fsp3) is 0.333. The van der Waals surface area contributed by atoms with Crippen molar-refractivity contribution < 1.29 is 14.3 Å². The van der Waals surface area contributed by atoms with Crippen molar-refractivity contribution in [2.24, 2.45) is 7.05 Å². The number of amides is 1. The Hall–Kier alpha value is -2.18. The number of esters is 1. The van der Waals surface area contributed by atoms with Crippen LogP contribution in [0, 0.1) is 0 Å². The van der Waals surface area contributed by atoms with E-state index < -0.39 is 0 Å². The van der Waals surface area contributed by atoms with Crippen LogP contribution in [0.4, 0.5) is 5.69 Å². The van der Waals surface area contributed by atoms with Crippen LogP contribution in [0.2, 0.25) is 0 Å². The molecule has 1 aromatic carbocycles. The van der Waals surface area contributed by atoms with E-state index in [1.165, 1.54) is 39.5 Å². The zero-order valence-corrected chi connectivity index (χ0v) is 17.0. The Labute approximate surface area is 167 Å². The topological polar surface area (TPSA) is 112 Å². The van der Waals surface area contributed by atoms with Gasteiger partial charge in [0.2, 0.25) is 11.1 Å². The van der Waals surface area contributed by atoms with Crippen molar-refractivity contribution in [2.45, 2.75) is 16.4 Å². The van der Waals surface area contributed by atoms with Gasteiger partial charge in [0.1, 0.15) is 0 Å². The number of benzene rings is 1. The Balaban J connectivity index is 1.58. The number of nitrogens with one attached hydrogen (secondary N) is 1. The van der Waals surface area contributed by atoms with E-state index in [1.807, 2.05) is 12.1 Å². The molecule has 0 saturated heterocycles. The summed E-state index contributed by atoms with van der Waals surface area (Å²) in [7, 11) is 1.72. The van der Waals surface area contributed by atoms with Crippen molar-refractivity contribution in [3.8, 4) is 0 Å². The molecule has 27 heavy (non-hydrogen) atoms. The first-order valence-corrected chi connectivity index (χ1v) is 10.7. The van der Waals surface area contributed by atoms with E-state index in [2.05, 4.69) is 25.8 Å². The molecule has 0 fully saturated rings. The maximum atomic E-state index is 12.1. The normalized spacial score (nSPS) is 10.9. The zero-order valence-electron chi connectivity index (χ0n) is 14.5. The number of hydrogen-bond acceptors (Lipinski definition) is 10. The molecule has 0 radical (unpaired) electrons. The number of carbonyl (C=O) groups excluding carboxylic acids is 2. The second-order valence-electron chi connectivity index (χ2n) is 5.18. The molecule has 2 heterocycles. The highest BCUT2D eigenvalue weighted by Gasteiger charge is 2.11. The molecular formula is C15H16N6O3S3. The third kappa shape index (κ3) is 5.40. The first-order chi connectivity index (χ1) is 13.0. The highest BCUT2D eigenvalue weighted by molar-refractivity contribution is 8.01. The third-order valence-corrected chi connectivity index (χ3v) is 6.33. The Morgan fingerprint density at radius 1 is 1.30 bits per heavy atom. The first kappa shape index (κ1) is 19.6. The van der Waals surface area contributed by atoms with Crippen LogP contribution in [0.25, 0.3) is 10.2 Å². The minimum atomic E-state index is -0.259. The van der Waals surface area contributed by atoms with E-state index in [-0.39, 0.29) is 23.4 Å². The van der Waals surface area contributed by atoms with Gasteiger partial charge in [-0.05, 0) is 35.5 Å². The predicted octanol–water partition coefficient (Wildman–Crippen LogP) is 2.21. The number of thiazole rings is 1. The largest absolute Gasteiger partial charge is 0.465 e. The summed E-state index contributed by atoms with van der Waals surface area (Å²) < 4.78 is 8.14. The average molecular weight is 425 g/mol. The molecule has 0 aliphatic rings. The molecule has 0 bridgehead atoms. The summed E-state index contributed by atoms with van der Waals surface area (Å²) in [6, 6.07) is 5.51. The van der Waals surface area contributed by atoms with Gasteiger partial charge >= 0.3 is 5.97 Å². The molecule has 12 heteroatoms. The van der Waals surface area contributed by atoms with Crippen molar-refractivity contribution in [2.75, 3.05) is 23.4 Å². The number of fused-ring (bicyclic) bond motifs is 1. The second kappa shape index (κ2) is 9.15. The SMILES string of the molecule is CCOC(=O)CSc1nc2ccc(NC(=O)CSc3nnnn3C)cc2s1. The number of rotatable bonds is 8. The summed E-state index contributed by atoms with van der Waals surface area (Å²) in [6.45, 7) is 2.15. The van der Waals surface area contributed by atoms with Gasteiger partial charge < -0.3 is 10.1 Å². The second-order valence-corrected chi connectivity index (χ2v) is 8.37. The lowest BCUT2D eigenvalue weighted by atomic mass is 10.3. The quantitative estimate of drug-likeness (QED) is 0.429. The van der Waals surface area contributed by atoms with Crippen molar-refractivity contribution in [3.63, 3.8) is 0 Å². The van der Waals surface area contributed by atoms with Crippen LogP contribution < -0.4 is 5.32 Å². The van der Waals surface area contributed by atoms with Gasteiger partial charge in [-0.3, -0.25) is 9.59 Å². The molecule has 0 saturated carbocycles. The molecule has 3 rings (SSSR count). The number of aryl methyl sites for hydroxylation is 1. The highest BCUT2D eigenvalue weighted by atomic mass is 32.2. The van der Waals surface area contributed by atoms with Gasteiger partial charge in [-0.15, -0.1) is 16.4 Å². The monoisotopic (exact) mass is 424 g/mol. The minimum Gasteiger partial charge on any atom is -0.465 e. The minimum absolute atomic E-state index is 0.149. The van der Waals surface area contributed by atoms with Gasteiger partial charge in [0.05, 0.1) is 28.3 Å². The van der Waals surface area contributed by atoms with E-state index in [0.717, 1.165) is 14.6 Å². The fourth-order valence-corrected chi connectivity index (χ4v) is 4.59. The van der Waals surface area contributed by atoms with E-state index >= 15 is 0 Å². The van der Waals surface area contributed by atoms with Gasteiger partial charge in [0, 0.05) is 12.7 Å². The molecule has 3 aromatic rings. The Morgan fingerprint density at radius 3 is 2.89 bits per heavy atom. The third-order valence-electron chi connectivity index (χ3n) is 3.19. The number of hydrogen-bond donors (Lipinski definition) is 1. The molecule has 0 atom stereocenters. The van der Waals surface area contributed by atoms with Crippen LogP contribution in [0.1, 0.15) is 6.92 Å². The summed E-state index contributed by atoms with van der Waals surface area (Å²) in [5.74, 6) is 0.0233. The molecule has 1 amide bonds. The molecule has 2 aromatic heterocycles. The highest BCUT2D eigenvalue weighted by Crippen LogP contribution is 2.31. The number of thioether (sulfide) groups is 2. The number of tetrazole rings is 1. The number of ether oxygens (including phenoxy) is 1. The zero-order chi connectivity index (χ0) is 19.2. The lowest BCUT2D eigenvalue weighted by molar-refractivity contribution is -0.139. The number of carbonyl (C=O) groups is 2. The Morgan fingerprint density at radius 2 is 2.15 bits per heavy atom. The van der Waals surface area contributed by atoms with Crippen molar-refractivity contribution >= 4 is 62.6 Å². The Kier molecular flexibility index (Phi) is 6.63. The van der Waals surface area contributed by atoms with Gasteiger partial charge in [-0.25, -0.2) is 9.67 Å². The van der Waals surface area contributed by atoms with Gasteiger partial charge in [-0.1, -0.05) is 23.5 Å². The van der Waals surface area contributed by atoms with Crippen molar-refractivity contribution in [3.05, 3.63) is 18.2 Å². The van der Waals surface area contributed by atoms with E-state index in [1.54, 1.807) is 20.0 Å². The molecule has 9 nitrogen and oxygen atoms in total. The van der Waals surface area contributed by atoms with Crippen LogP contribution in [-0.2, 0) is 21.4 Å². The van der Waals surface area contributed by atoms with Crippen LogP contribution >= 0.6 is 34.9 Å². The van der Waals surface area contributed by atoms with Gasteiger partial charge in [0.15, 0.2) is 4.34 Å². The summed E-state index contributed by atoms with van der Waals surface area (Å²) in [6.07, 6.45) is 0. The Bertz CT molecular complexity index is 957. The molecular weight excluding hydrogens is 408 g/mol. The lowest BCUT2D eigenvalue weighted by Crippen LogP contribution is -2.14. The van der Waals surface area contributed by atoms with E-state index in [0.29, 0.717) is 17.5 Å². The standard InChI is InChI=1S/C15H16N6O3S3/c1-3-24-13(23)8-26-15-17-10-5-4-9(6-11(10)27-15)16-12(22)7-25-14-18-19-20-21(14)2/h4-6H,3,7-8H2,1-2H3,(H,16,22). The van der Waals surface area contributed by atoms with Crippen LogP contribution in [-0.4, -0.2) is 55.2 Å². The molecule has 0 aliphatic carbocycles. The van der Waals surface area contributed by atoms with E-state index in [9.17, 15) is 9.59 Å². The molecule has 1 N–H and O–H groups in total. The van der Waals surface area contributed by atoms with Crippen molar-refractivity contribution in [1.82, 2.24) is 25.2 Å². The summed E-state index contributed by atoms with van der Waals surface area (Å²) >= 11 is 4.07. The summed E-state index contributed by atoms with van der Waals surface area (Å²) in [5, 5.41) is 14.5. The number of aromatic nitrogens is 5. The van der Waals surface area contributed by atoms with Gasteiger partial charge in [0.25, 0.3) is 0 Å². The van der Waals surface area contributed by atoms with Crippen LogP contribution in [0.5, 0.6) is 0 Å². The number of nitrogens with zero attached hydrogens (tertiary/aromatic N) is 5. The predicted molar refractivity (Wildman–Crippen MR) is 105 cm³/mol. The number of anilines is 1. The smallest absolute Gasteiger partial charge is 0.316 e. The van der Waals surface area contributed by atoms with Crippen LogP contribution in [0.3, 0.4) is 0 Å². The van der Waals surface area contributed by atoms with E-state index in [4.69, 9.17) is 4.74 Å². The summed E-state index contributed by atoms with van der Waals surface area (Å²) in [5.41, 5.74) is 1.51. The maximum Gasteiger partial charge on any atom is 0.316 e. The average Bonchev–Trinajstić information content (AvgIpc) is 3.23. The van der Waals surface area contributed by atoms with Crippen LogP contribution in [0.15, 0.2) is 27.7 Å².